The lowest BCUT2D eigenvalue weighted by molar-refractivity contribution is -0.141. The van der Waals surface area contributed by atoms with E-state index in [1.54, 1.807) is 4.90 Å². The Balaban J connectivity index is 2.74. The molecule has 0 aromatic heterocycles. The quantitative estimate of drug-likeness (QED) is 0.652. The Bertz CT molecular complexity index is 260. The highest BCUT2D eigenvalue weighted by molar-refractivity contribution is 5.93. The second-order valence-electron chi connectivity index (χ2n) is 3.19. The summed E-state index contributed by atoms with van der Waals surface area (Å²) in [5, 5.41) is 8.82. The van der Waals surface area contributed by atoms with E-state index in [0.717, 1.165) is 6.42 Å². The molecule has 0 aromatic rings. The summed E-state index contributed by atoms with van der Waals surface area (Å²) in [4.78, 5) is 23.3. The lowest BCUT2D eigenvalue weighted by Gasteiger charge is -2.23. The van der Waals surface area contributed by atoms with Gasteiger partial charge < -0.3 is 10.0 Å². The maximum Gasteiger partial charge on any atom is 0.326 e. The Labute approximate surface area is 76.8 Å². The number of rotatable bonds is 3. The molecule has 1 saturated heterocycles. The van der Waals surface area contributed by atoms with Gasteiger partial charge in [0.05, 0.1) is 5.70 Å². The van der Waals surface area contributed by atoms with Crippen molar-refractivity contribution >= 4 is 11.8 Å². The molecule has 1 fully saturated rings. The van der Waals surface area contributed by atoms with Gasteiger partial charge in [0, 0.05) is 13.5 Å². The van der Waals surface area contributed by atoms with E-state index in [1.807, 2.05) is 0 Å². The average Bonchev–Trinajstić information content (AvgIpc) is 2.50. The molecule has 1 rings (SSSR count). The van der Waals surface area contributed by atoms with Crippen molar-refractivity contribution in [3.63, 3.8) is 0 Å². The summed E-state index contributed by atoms with van der Waals surface area (Å²) >= 11 is 0. The zero-order chi connectivity index (χ0) is 10.0. The molecule has 0 aromatic carbocycles. The van der Waals surface area contributed by atoms with Crippen molar-refractivity contribution in [3.05, 3.63) is 12.3 Å². The zero-order valence-corrected chi connectivity index (χ0v) is 7.62. The summed E-state index contributed by atoms with van der Waals surface area (Å²) in [7, 11) is 0. The molecule has 0 amide bonds. The van der Waals surface area contributed by atoms with Gasteiger partial charge in [0.25, 0.3) is 0 Å². The van der Waals surface area contributed by atoms with Gasteiger partial charge in [-0.25, -0.2) is 4.79 Å². The highest BCUT2D eigenvalue weighted by Crippen LogP contribution is 2.21. The number of hydrogen-bond donors (Lipinski definition) is 1. The van der Waals surface area contributed by atoms with Crippen molar-refractivity contribution in [2.75, 3.05) is 6.54 Å². The fraction of sp³-hybridized carbons (Fsp3) is 0.556. The molecule has 72 valence electrons. The van der Waals surface area contributed by atoms with E-state index in [2.05, 4.69) is 6.58 Å². The van der Waals surface area contributed by atoms with Gasteiger partial charge in [0.2, 0.25) is 0 Å². The van der Waals surface area contributed by atoms with E-state index in [9.17, 15) is 9.59 Å². The number of hydrogen-bond acceptors (Lipinski definition) is 3. The molecule has 0 radical (unpaired) electrons. The molecule has 0 saturated carbocycles. The fourth-order valence-corrected chi connectivity index (χ4v) is 1.55. The number of nitrogens with zero attached hydrogens (tertiary/aromatic N) is 1. The van der Waals surface area contributed by atoms with Crippen molar-refractivity contribution in [1.82, 2.24) is 4.90 Å². The van der Waals surface area contributed by atoms with Crippen molar-refractivity contribution in [3.8, 4) is 0 Å². The number of likely N-dealkylation sites (tertiary alicyclic amines) is 1. The predicted molar refractivity (Wildman–Crippen MR) is 47.2 cm³/mol. The number of Topliss-reactive ketones (excluding diaryl/α,β-unsaturated/α-hetero) is 1. The third-order valence-corrected chi connectivity index (χ3v) is 2.29. The number of allylic oxidation sites excluding steroid dienone is 1. The third-order valence-electron chi connectivity index (χ3n) is 2.29. The first-order valence-corrected chi connectivity index (χ1v) is 4.23. The molecule has 1 atom stereocenters. The highest BCUT2D eigenvalue weighted by Gasteiger charge is 2.32. The minimum Gasteiger partial charge on any atom is -0.480 e. The average molecular weight is 183 g/mol. The van der Waals surface area contributed by atoms with Gasteiger partial charge in [-0.1, -0.05) is 6.58 Å². The first-order valence-electron chi connectivity index (χ1n) is 4.23. The molecule has 1 N–H and O–H groups in total. The SMILES string of the molecule is C=C(C(C)=O)N1CCC[C@@H]1C(=O)O. The molecule has 0 unspecified atom stereocenters. The Morgan fingerprint density at radius 1 is 1.54 bits per heavy atom. The second-order valence-corrected chi connectivity index (χ2v) is 3.19. The zero-order valence-electron chi connectivity index (χ0n) is 7.62. The van der Waals surface area contributed by atoms with Crippen LogP contribution in [0.4, 0.5) is 0 Å². The van der Waals surface area contributed by atoms with E-state index in [4.69, 9.17) is 5.11 Å². The molecular formula is C9H13NO3. The minimum atomic E-state index is -0.875. The van der Waals surface area contributed by atoms with Gasteiger partial charge in [0.1, 0.15) is 6.04 Å². The van der Waals surface area contributed by atoms with Gasteiger partial charge in [-0.3, -0.25) is 4.79 Å². The van der Waals surface area contributed by atoms with Gasteiger partial charge in [-0.05, 0) is 12.8 Å². The molecule has 1 heterocycles. The fourth-order valence-electron chi connectivity index (χ4n) is 1.55. The minimum absolute atomic E-state index is 0.159. The van der Waals surface area contributed by atoms with Crippen LogP contribution in [0.3, 0.4) is 0 Å². The van der Waals surface area contributed by atoms with Crippen LogP contribution in [0.25, 0.3) is 0 Å². The van der Waals surface area contributed by atoms with Crippen LogP contribution in [-0.2, 0) is 9.59 Å². The smallest absolute Gasteiger partial charge is 0.326 e. The van der Waals surface area contributed by atoms with E-state index in [1.165, 1.54) is 6.92 Å². The molecule has 13 heavy (non-hydrogen) atoms. The lowest BCUT2D eigenvalue weighted by Crippen LogP contribution is -2.36. The molecule has 0 aliphatic carbocycles. The third kappa shape index (κ3) is 1.88. The van der Waals surface area contributed by atoms with Gasteiger partial charge in [0.15, 0.2) is 5.78 Å². The highest BCUT2D eigenvalue weighted by atomic mass is 16.4. The van der Waals surface area contributed by atoms with Crippen molar-refractivity contribution in [2.45, 2.75) is 25.8 Å². The largest absolute Gasteiger partial charge is 0.480 e. The first kappa shape index (κ1) is 9.77. The Kier molecular flexibility index (Phi) is 2.70. The summed E-state index contributed by atoms with van der Waals surface area (Å²) in [6.45, 7) is 5.60. The van der Waals surface area contributed by atoms with Crippen LogP contribution in [0, 0.1) is 0 Å². The van der Waals surface area contributed by atoms with Crippen LogP contribution in [0.1, 0.15) is 19.8 Å². The van der Waals surface area contributed by atoms with Crippen LogP contribution in [-0.4, -0.2) is 34.3 Å². The van der Waals surface area contributed by atoms with E-state index in [-0.39, 0.29) is 5.78 Å². The summed E-state index contributed by atoms with van der Waals surface area (Å²) < 4.78 is 0. The van der Waals surface area contributed by atoms with Crippen LogP contribution >= 0.6 is 0 Å². The van der Waals surface area contributed by atoms with Crippen molar-refractivity contribution in [2.24, 2.45) is 0 Å². The Morgan fingerprint density at radius 2 is 2.15 bits per heavy atom. The first-order chi connectivity index (χ1) is 6.04. The number of carboxylic acid groups (broad SMARTS) is 1. The van der Waals surface area contributed by atoms with Gasteiger partial charge >= 0.3 is 5.97 Å². The van der Waals surface area contributed by atoms with Crippen LogP contribution in [0.2, 0.25) is 0 Å². The predicted octanol–water partition coefficient (Wildman–Crippen LogP) is 0.638. The number of carbonyl (C=O) groups excluding carboxylic acids is 1. The summed E-state index contributed by atoms with van der Waals surface area (Å²) in [5.41, 5.74) is 0.310. The Hall–Kier alpha value is -1.32. The number of aliphatic carboxylic acids is 1. The van der Waals surface area contributed by atoms with Crippen LogP contribution < -0.4 is 0 Å². The molecule has 0 bridgehead atoms. The molecule has 1 aliphatic rings. The summed E-state index contributed by atoms with van der Waals surface area (Å²) in [5.74, 6) is -1.03. The standard InChI is InChI=1S/C9H13NO3/c1-6(7(2)11)10-5-3-4-8(10)9(12)13/h8H,1,3-5H2,2H3,(H,12,13)/t8-/m1/s1. The number of carbonyl (C=O) groups is 2. The monoisotopic (exact) mass is 183 g/mol. The number of ketones is 1. The molecular weight excluding hydrogens is 170 g/mol. The Morgan fingerprint density at radius 3 is 2.62 bits per heavy atom. The maximum absolute atomic E-state index is 11.0. The number of carboxylic acids is 1. The van der Waals surface area contributed by atoms with E-state index < -0.39 is 12.0 Å². The van der Waals surface area contributed by atoms with Crippen LogP contribution in [0.15, 0.2) is 12.3 Å². The molecule has 4 nitrogen and oxygen atoms in total. The lowest BCUT2D eigenvalue weighted by atomic mass is 10.2. The van der Waals surface area contributed by atoms with Gasteiger partial charge in [-0.2, -0.15) is 0 Å². The molecule has 1 aliphatic heterocycles. The van der Waals surface area contributed by atoms with Gasteiger partial charge in [-0.15, -0.1) is 0 Å². The van der Waals surface area contributed by atoms with E-state index >= 15 is 0 Å². The van der Waals surface area contributed by atoms with E-state index in [0.29, 0.717) is 18.7 Å². The topological polar surface area (TPSA) is 57.6 Å². The molecule has 4 heteroatoms. The van der Waals surface area contributed by atoms with Crippen molar-refractivity contribution < 1.29 is 14.7 Å². The second kappa shape index (κ2) is 3.60. The maximum atomic E-state index is 11.0. The molecule has 0 spiro atoms. The van der Waals surface area contributed by atoms with Crippen LogP contribution in [0.5, 0.6) is 0 Å². The summed E-state index contributed by atoms with van der Waals surface area (Å²) in [6.07, 6.45) is 1.41. The van der Waals surface area contributed by atoms with Crippen molar-refractivity contribution in [1.29, 1.82) is 0 Å². The normalized spacial score (nSPS) is 21.6. The summed E-state index contributed by atoms with van der Waals surface area (Å²) in [6, 6.07) is -0.559.